The summed E-state index contributed by atoms with van der Waals surface area (Å²) < 4.78 is 15.6. The molecule has 1 aromatic heterocycles. The predicted molar refractivity (Wildman–Crippen MR) is 218 cm³/mol. The van der Waals surface area contributed by atoms with Crippen LogP contribution < -0.4 is 5.56 Å². The number of hydrogen-bond donors (Lipinski definition) is 1. The smallest absolute Gasteiger partial charge is 0.309 e. The molecule has 4 fully saturated rings. The first-order valence-electron chi connectivity index (χ1n) is 21.4. The van der Waals surface area contributed by atoms with Gasteiger partial charge in [-0.3, -0.25) is 23.9 Å². The Morgan fingerprint density at radius 3 is 2.27 bits per heavy atom. The fourth-order valence-corrected chi connectivity index (χ4v) is 14.4. The summed E-state index contributed by atoms with van der Waals surface area (Å²) in [5, 5.41) is 9.65. The summed E-state index contributed by atoms with van der Waals surface area (Å²) >= 11 is 0. The van der Waals surface area contributed by atoms with Crippen molar-refractivity contribution in [2.45, 2.75) is 157 Å². The second kappa shape index (κ2) is 13.4. The molecule has 0 aliphatic heterocycles. The number of allylic oxidation sites excluding steroid dienone is 4. The summed E-state index contributed by atoms with van der Waals surface area (Å²) in [7, 11) is 3.72. The van der Waals surface area contributed by atoms with Gasteiger partial charge in [-0.15, -0.1) is 0 Å². The topological polar surface area (TPSA) is 117 Å². The molecule has 0 bridgehead atoms. The minimum absolute atomic E-state index is 0.00367. The third-order valence-corrected chi connectivity index (χ3v) is 17.3. The van der Waals surface area contributed by atoms with Crippen LogP contribution in [0.15, 0.2) is 34.2 Å². The molecule has 0 aromatic carbocycles. The Balaban J connectivity index is 1.24. The van der Waals surface area contributed by atoms with Gasteiger partial charge in [-0.2, -0.15) is 0 Å². The molecule has 9 atom stereocenters. The van der Waals surface area contributed by atoms with Crippen LogP contribution in [0.2, 0.25) is 0 Å². The number of aromatic nitrogens is 2. The second-order valence-electron chi connectivity index (χ2n) is 21.1. The first-order chi connectivity index (χ1) is 26.0. The Kier molecular flexibility index (Phi) is 9.82. The summed E-state index contributed by atoms with van der Waals surface area (Å²) in [6.45, 7) is 21.7. The van der Waals surface area contributed by atoms with Gasteiger partial charge in [0, 0.05) is 37.0 Å². The Morgan fingerprint density at radius 1 is 0.964 bits per heavy atom. The van der Waals surface area contributed by atoms with E-state index in [1.165, 1.54) is 5.57 Å². The Hall–Kier alpha value is -3.20. The molecule has 0 radical (unpaired) electrons. The molecule has 1 N–H and O–H groups in total. The van der Waals surface area contributed by atoms with Gasteiger partial charge in [0.15, 0.2) is 5.78 Å². The van der Waals surface area contributed by atoms with E-state index >= 15 is 0 Å². The summed E-state index contributed by atoms with van der Waals surface area (Å²) in [6, 6.07) is 0. The summed E-state index contributed by atoms with van der Waals surface area (Å²) in [4.78, 5) is 53.7. The minimum atomic E-state index is -1.17. The van der Waals surface area contributed by atoms with Crippen LogP contribution in [0.4, 0.5) is 0 Å². The molecule has 56 heavy (non-hydrogen) atoms. The van der Waals surface area contributed by atoms with E-state index in [1.807, 2.05) is 30.8 Å². The predicted octanol–water partition coefficient (Wildman–Crippen LogP) is 8.96. The van der Waals surface area contributed by atoms with E-state index in [-0.39, 0.29) is 63.5 Å². The molecule has 9 heteroatoms. The highest BCUT2D eigenvalue weighted by Gasteiger charge is 2.70. The third kappa shape index (κ3) is 5.61. The fourth-order valence-electron chi connectivity index (χ4n) is 14.4. The summed E-state index contributed by atoms with van der Waals surface area (Å²) in [6.07, 6.45) is 14.6. The molecule has 8 unspecified atom stereocenters. The average molecular weight is 773 g/mol. The number of hydrogen-bond acceptors (Lipinski definition) is 6. The molecule has 1 aromatic rings. The highest BCUT2D eigenvalue weighted by molar-refractivity contribution is 6.02. The monoisotopic (exact) mass is 773 g/mol. The van der Waals surface area contributed by atoms with Crippen LogP contribution in [0.3, 0.4) is 0 Å². The lowest BCUT2D eigenvalue weighted by Gasteiger charge is -2.72. The van der Waals surface area contributed by atoms with Crippen LogP contribution in [0, 0.1) is 57.7 Å². The van der Waals surface area contributed by atoms with E-state index in [0.717, 1.165) is 73.9 Å². The second-order valence-corrected chi connectivity index (χ2v) is 21.1. The zero-order chi connectivity index (χ0) is 41.1. The maximum atomic E-state index is 14.5. The van der Waals surface area contributed by atoms with Crippen LogP contribution in [0.25, 0.3) is 5.70 Å². The van der Waals surface area contributed by atoms with Crippen LogP contribution in [0.1, 0.15) is 144 Å². The van der Waals surface area contributed by atoms with Gasteiger partial charge < -0.3 is 14.6 Å². The van der Waals surface area contributed by atoms with E-state index < -0.39 is 22.8 Å². The number of carboxylic acid groups (broad SMARTS) is 1. The Labute approximate surface area is 334 Å². The maximum Gasteiger partial charge on any atom is 0.309 e. The van der Waals surface area contributed by atoms with Crippen molar-refractivity contribution in [3.8, 4) is 0 Å². The number of carbonyl (C=O) groups excluding carboxylic acids is 2. The lowest BCUT2D eigenvalue weighted by atomic mass is 9.33. The molecule has 6 aliphatic rings. The quantitative estimate of drug-likeness (QED) is 0.262. The van der Waals surface area contributed by atoms with Crippen molar-refractivity contribution in [2.75, 3.05) is 7.11 Å². The van der Waals surface area contributed by atoms with Crippen LogP contribution in [0.5, 0.6) is 0 Å². The molecular weight excluding hydrogens is 705 g/mol. The minimum Gasteiger partial charge on any atom is -0.481 e. The van der Waals surface area contributed by atoms with Crippen molar-refractivity contribution in [3.63, 3.8) is 0 Å². The van der Waals surface area contributed by atoms with Gasteiger partial charge in [-0.25, -0.2) is 4.68 Å². The molecule has 9 nitrogen and oxygen atoms in total. The van der Waals surface area contributed by atoms with Gasteiger partial charge >= 0.3 is 11.9 Å². The highest BCUT2D eigenvalue weighted by atomic mass is 16.5. The van der Waals surface area contributed by atoms with Crippen LogP contribution in [-0.2, 0) is 36.3 Å². The average Bonchev–Trinajstić information content (AvgIpc) is 3.54. The first-order valence-corrected chi connectivity index (χ1v) is 21.4. The number of carboxylic acids is 1. The molecule has 1 heterocycles. The van der Waals surface area contributed by atoms with E-state index in [1.54, 1.807) is 21.0 Å². The lowest BCUT2D eigenvalue weighted by molar-refractivity contribution is -0.232. The number of Topliss-reactive ketones (excluding diaryl/α,β-unsaturated/α-hetero) is 1. The van der Waals surface area contributed by atoms with Crippen LogP contribution in [-0.4, -0.2) is 51.5 Å². The number of carbonyl (C=O) groups is 3. The summed E-state index contributed by atoms with van der Waals surface area (Å²) in [5.41, 5.74) is 3.03. The zero-order valence-corrected chi connectivity index (χ0v) is 36.3. The largest absolute Gasteiger partial charge is 0.481 e. The third-order valence-electron chi connectivity index (χ3n) is 17.3. The normalized spacial score (nSPS) is 37.8. The number of ether oxygens (including phenoxy) is 2. The number of fused-ring (bicyclic) bond motifs is 7. The van der Waals surface area contributed by atoms with Crippen molar-refractivity contribution in [3.05, 3.63) is 51.0 Å². The molecular formula is C47H68N2O7. The zero-order valence-electron chi connectivity index (χ0n) is 36.3. The maximum absolute atomic E-state index is 14.5. The molecule has 7 rings (SSSR count). The lowest BCUT2D eigenvalue weighted by Crippen LogP contribution is -2.66. The molecule has 4 saturated carbocycles. The molecule has 0 spiro atoms. The van der Waals surface area contributed by atoms with E-state index in [2.05, 4.69) is 59.2 Å². The van der Waals surface area contributed by atoms with Crippen LogP contribution >= 0.6 is 0 Å². The molecule has 0 amide bonds. The van der Waals surface area contributed by atoms with Crippen molar-refractivity contribution < 1.29 is 29.0 Å². The van der Waals surface area contributed by atoms with E-state index in [0.29, 0.717) is 24.7 Å². The van der Waals surface area contributed by atoms with Gasteiger partial charge in [0.1, 0.15) is 6.10 Å². The van der Waals surface area contributed by atoms with Crippen molar-refractivity contribution >= 4 is 23.4 Å². The van der Waals surface area contributed by atoms with Gasteiger partial charge in [-0.05, 0) is 136 Å². The van der Waals surface area contributed by atoms with Gasteiger partial charge in [0.2, 0.25) is 0 Å². The molecule has 0 saturated heterocycles. The van der Waals surface area contributed by atoms with Crippen molar-refractivity contribution in [2.24, 2.45) is 57.8 Å². The van der Waals surface area contributed by atoms with Crippen molar-refractivity contribution in [1.82, 2.24) is 9.36 Å². The fraction of sp³-hybridized carbons (Fsp3) is 0.745. The summed E-state index contributed by atoms with van der Waals surface area (Å²) in [5.74, 6) is -0.0121. The molecule has 308 valence electrons. The number of esters is 1. The Morgan fingerprint density at radius 2 is 1.66 bits per heavy atom. The number of methoxy groups -OCH3 is 1. The van der Waals surface area contributed by atoms with E-state index in [4.69, 9.17) is 9.47 Å². The first kappa shape index (κ1) is 41.0. The van der Waals surface area contributed by atoms with E-state index in [9.17, 15) is 24.3 Å². The number of rotatable bonds is 8. The Bertz CT molecular complexity index is 1990. The standard InChI is InChI=1S/C47H68N2O7/c1-27(2)37-32(50)25-47(39-28(3)40(52)49(48(39)11)29-13-15-30(55-12)16-14-29)24-23-45(9)31(38(37)47)17-18-34-44(8)21-20-35(56-36(51)26-42(4,5)41(53)54)43(6,7)33(44)19-22-46(34,45)10/h13-15,27,30-31,33-35H,16-26H2,1-12H3,(H,53,54)/t30?,31?,33?,34?,35?,44?,45-,46?,47?/m1/s1. The number of ketones is 1. The SMILES string of the molecule is COC1C=CC(n2c(=O)c(C)c(C34CC[C@]5(C)C(CCC6C7(C)CCC(OC(=O)CC(C)(C)C(=O)O)C(C)(C)C7CCC65C)C3=C(C(C)C)C(=O)C4)n2C)=CC1. The molecule has 6 aliphatic carbocycles. The highest BCUT2D eigenvalue weighted by Crippen LogP contribution is 2.77. The van der Waals surface area contributed by atoms with Crippen molar-refractivity contribution in [1.29, 1.82) is 0 Å². The van der Waals surface area contributed by atoms with Gasteiger partial charge in [-0.1, -0.05) is 60.6 Å². The number of nitrogens with zero attached hydrogens (tertiary/aromatic N) is 2. The number of aliphatic carboxylic acids is 1. The van der Waals surface area contributed by atoms with Gasteiger partial charge in [0.25, 0.3) is 5.56 Å². The van der Waals surface area contributed by atoms with Gasteiger partial charge in [0.05, 0.1) is 29.3 Å².